The van der Waals surface area contributed by atoms with Crippen LogP contribution in [0.3, 0.4) is 0 Å². The maximum atomic E-state index is 14.0. The van der Waals surface area contributed by atoms with Gasteiger partial charge in [0.05, 0.1) is 43.3 Å². The molecule has 1 N–H and O–H groups in total. The monoisotopic (exact) mass is 478 g/mol. The number of pyridine rings is 1. The first-order valence-corrected chi connectivity index (χ1v) is 13.1. The second-order valence-corrected chi connectivity index (χ2v) is 10.4. The molecule has 1 aromatic carbocycles. The van der Waals surface area contributed by atoms with Crippen molar-refractivity contribution in [3.63, 3.8) is 0 Å². The summed E-state index contributed by atoms with van der Waals surface area (Å²) in [5, 5.41) is 3.50. The quantitative estimate of drug-likeness (QED) is 0.643. The van der Waals surface area contributed by atoms with Gasteiger partial charge in [-0.25, -0.2) is 4.98 Å². The van der Waals surface area contributed by atoms with E-state index in [4.69, 9.17) is 9.47 Å². The zero-order valence-electron chi connectivity index (χ0n) is 21.2. The fourth-order valence-electron chi connectivity index (χ4n) is 5.72. The van der Waals surface area contributed by atoms with E-state index in [1.54, 1.807) is 6.20 Å². The van der Waals surface area contributed by atoms with Crippen LogP contribution in [0.2, 0.25) is 0 Å². The number of nitrogens with zero attached hydrogens (tertiary/aromatic N) is 3. The lowest BCUT2D eigenvalue weighted by molar-refractivity contribution is -0.124. The number of nitrogens with one attached hydrogen (secondary N) is 1. The number of hydrogen-bond acceptors (Lipinski definition) is 6. The fourth-order valence-corrected chi connectivity index (χ4v) is 5.72. The average molecular weight is 479 g/mol. The number of aromatic nitrogens is 1. The fraction of sp³-hybridized carbons (Fsp3) is 0.571. The van der Waals surface area contributed by atoms with Crippen LogP contribution in [0.5, 0.6) is 0 Å². The smallest absolute Gasteiger partial charge is 0.230 e. The van der Waals surface area contributed by atoms with Crippen molar-refractivity contribution in [1.82, 2.24) is 4.98 Å². The van der Waals surface area contributed by atoms with E-state index in [9.17, 15) is 4.79 Å². The van der Waals surface area contributed by atoms with E-state index in [2.05, 4.69) is 60.2 Å². The Morgan fingerprint density at radius 1 is 1.11 bits per heavy atom. The molecule has 2 fully saturated rings. The van der Waals surface area contributed by atoms with Gasteiger partial charge in [-0.1, -0.05) is 6.07 Å². The Hall–Kier alpha value is -2.64. The van der Waals surface area contributed by atoms with E-state index < -0.39 is 0 Å². The van der Waals surface area contributed by atoms with Gasteiger partial charge in [-0.3, -0.25) is 4.79 Å². The van der Waals surface area contributed by atoms with Crippen molar-refractivity contribution in [3.05, 3.63) is 42.1 Å². The van der Waals surface area contributed by atoms with Crippen molar-refractivity contribution in [2.24, 2.45) is 11.8 Å². The molecule has 35 heavy (non-hydrogen) atoms. The van der Waals surface area contributed by atoms with Gasteiger partial charge >= 0.3 is 0 Å². The highest BCUT2D eigenvalue weighted by molar-refractivity contribution is 6.00. The molecule has 188 valence electrons. The first kappa shape index (κ1) is 24.1. The minimum atomic E-state index is 0.0376. The second kappa shape index (κ2) is 10.5. The molecule has 3 aliphatic rings. The third-order valence-corrected chi connectivity index (χ3v) is 7.66. The summed E-state index contributed by atoms with van der Waals surface area (Å²) >= 11 is 0. The van der Waals surface area contributed by atoms with Crippen molar-refractivity contribution in [3.8, 4) is 0 Å². The molecule has 3 heterocycles. The summed E-state index contributed by atoms with van der Waals surface area (Å²) in [5.41, 5.74) is 4.04. The van der Waals surface area contributed by atoms with E-state index in [0.717, 1.165) is 80.4 Å². The van der Waals surface area contributed by atoms with Crippen molar-refractivity contribution in [2.45, 2.75) is 65.2 Å². The van der Waals surface area contributed by atoms with Gasteiger partial charge in [-0.05, 0) is 76.6 Å². The molecule has 0 spiro atoms. The molecule has 1 saturated heterocycles. The lowest BCUT2D eigenvalue weighted by Gasteiger charge is -2.35. The predicted octanol–water partition coefficient (Wildman–Crippen LogP) is 5.13. The SMILES string of the molecule is CC(C)O[C@H](C)[C@H]1CC[C@@H](C(=O)N2Cc3cccnc3Nc3ccc(N4CCOCC4)cc32)CC1. The van der Waals surface area contributed by atoms with E-state index in [1.165, 1.54) is 0 Å². The Bertz CT molecular complexity index is 1030. The summed E-state index contributed by atoms with van der Waals surface area (Å²) in [6, 6.07) is 10.4. The highest BCUT2D eigenvalue weighted by Crippen LogP contribution is 2.40. The number of rotatable bonds is 5. The Morgan fingerprint density at radius 2 is 1.89 bits per heavy atom. The molecule has 1 aliphatic carbocycles. The Morgan fingerprint density at radius 3 is 2.63 bits per heavy atom. The van der Waals surface area contributed by atoms with Crippen LogP contribution in [0.15, 0.2) is 36.5 Å². The zero-order valence-corrected chi connectivity index (χ0v) is 21.2. The number of benzene rings is 1. The number of hydrogen-bond donors (Lipinski definition) is 1. The first-order valence-electron chi connectivity index (χ1n) is 13.1. The summed E-state index contributed by atoms with van der Waals surface area (Å²) in [4.78, 5) is 22.9. The predicted molar refractivity (Wildman–Crippen MR) is 139 cm³/mol. The van der Waals surface area contributed by atoms with Crippen LogP contribution in [-0.4, -0.2) is 49.4 Å². The van der Waals surface area contributed by atoms with Gasteiger partial charge in [0.2, 0.25) is 5.91 Å². The third-order valence-electron chi connectivity index (χ3n) is 7.66. The maximum absolute atomic E-state index is 14.0. The topological polar surface area (TPSA) is 66.9 Å². The third kappa shape index (κ3) is 5.31. The van der Waals surface area contributed by atoms with E-state index in [-0.39, 0.29) is 24.0 Å². The molecule has 1 aromatic heterocycles. The maximum Gasteiger partial charge on any atom is 0.230 e. The zero-order chi connectivity index (χ0) is 24.4. The van der Waals surface area contributed by atoms with Crippen LogP contribution in [0.1, 0.15) is 52.0 Å². The van der Waals surface area contributed by atoms with Gasteiger partial charge in [0.1, 0.15) is 5.82 Å². The molecule has 7 heteroatoms. The minimum absolute atomic E-state index is 0.0376. The number of anilines is 4. The summed E-state index contributed by atoms with van der Waals surface area (Å²) in [6.45, 7) is 10.1. The van der Waals surface area contributed by atoms with E-state index in [1.807, 2.05) is 11.0 Å². The van der Waals surface area contributed by atoms with E-state index >= 15 is 0 Å². The van der Waals surface area contributed by atoms with Crippen LogP contribution in [0.4, 0.5) is 22.9 Å². The van der Waals surface area contributed by atoms with Gasteiger partial charge in [0.25, 0.3) is 0 Å². The van der Waals surface area contributed by atoms with Crippen LogP contribution < -0.4 is 15.1 Å². The molecule has 1 amide bonds. The van der Waals surface area contributed by atoms with Crippen LogP contribution in [0, 0.1) is 11.8 Å². The number of morpholine rings is 1. The molecule has 0 bridgehead atoms. The number of fused-ring (bicyclic) bond motifs is 2. The molecule has 2 aliphatic heterocycles. The normalized spacial score (nSPS) is 23.2. The Kier molecular flexibility index (Phi) is 7.25. The van der Waals surface area contributed by atoms with Crippen LogP contribution in [-0.2, 0) is 20.8 Å². The highest BCUT2D eigenvalue weighted by atomic mass is 16.5. The second-order valence-electron chi connectivity index (χ2n) is 10.4. The molecular weight excluding hydrogens is 440 g/mol. The largest absolute Gasteiger partial charge is 0.378 e. The van der Waals surface area contributed by atoms with Gasteiger partial charge < -0.3 is 24.6 Å². The van der Waals surface area contributed by atoms with Gasteiger partial charge in [0.15, 0.2) is 0 Å². The number of carbonyl (C=O) groups is 1. The van der Waals surface area contributed by atoms with E-state index in [0.29, 0.717) is 12.5 Å². The molecule has 0 unspecified atom stereocenters. The van der Waals surface area contributed by atoms with Crippen LogP contribution in [0.25, 0.3) is 0 Å². The molecule has 1 saturated carbocycles. The van der Waals surface area contributed by atoms with Crippen molar-refractivity contribution < 1.29 is 14.3 Å². The lowest BCUT2D eigenvalue weighted by atomic mass is 9.79. The average Bonchev–Trinajstić information content (AvgIpc) is 3.05. The molecule has 2 aromatic rings. The molecule has 7 nitrogen and oxygen atoms in total. The summed E-state index contributed by atoms with van der Waals surface area (Å²) in [7, 11) is 0. The van der Waals surface area contributed by atoms with Crippen molar-refractivity contribution >= 4 is 28.8 Å². The highest BCUT2D eigenvalue weighted by Gasteiger charge is 2.34. The van der Waals surface area contributed by atoms with Gasteiger partial charge in [-0.2, -0.15) is 0 Å². The summed E-state index contributed by atoms with van der Waals surface area (Å²) in [5.74, 6) is 1.61. The van der Waals surface area contributed by atoms with Gasteiger partial charge in [0, 0.05) is 36.5 Å². The van der Waals surface area contributed by atoms with Crippen molar-refractivity contribution in [1.29, 1.82) is 0 Å². The lowest BCUT2D eigenvalue weighted by Crippen LogP contribution is -2.39. The Balaban J connectivity index is 1.40. The van der Waals surface area contributed by atoms with Gasteiger partial charge in [-0.15, -0.1) is 0 Å². The summed E-state index contributed by atoms with van der Waals surface area (Å²) < 4.78 is 11.6. The minimum Gasteiger partial charge on any atom is -0.378 e. The standard InChI is InChI=1S/C28H38N4O3/c1-19(2)35-20(3)21-6-8-22(9-7-21)28(33)32-18-23-5-4-12-29-27(23)30-25-11-10-24(17-26(25)32)31-13-15-34-16-14-31/h4-5,10-12,17,19-22H,6-9,13-16,18H2,1-3H3,(H,29,30)/t20-,21-,22+/m1/s1. The molecule has 0 radical (unpaired) electrons. The number of carbonyl (C=O) groups excluding carboxylic acids is 1. The Labute approximate surface area is 208 Å². The van der Waals surface area contributed by atoms with Crippen molar-refractivity contribution in [2.75, 3.05) is 41.4 Å². The molecule has 5 rings (SSSR count). The molecular formula is C28H38N4O3. The summed E-state index contributed by atoms with van der Waals surface area (Å²) in [6.07, 6.45) is 6.18. The first-order chi connectivity index (χ1) is 17.0. The molecule has 1 atom stereocenters. The van der Waals surface area contributed by atoms with Crippen LogP contribution >= 0.6 is 0 Å². The number of ether oxygens (including phenoxy) is 2. The number of amides is 1.